The molecule has 0 bridgehead atoms. The molecule has 0 spiro atoms. The monoisotopic (exact) mass is 266 g/mol. The number of nitriles is 1. The highest BCUT2D eigenvalue weighted by molar-refractivity contribution is 5.78. The first kappa shape index (κ1) is 15.4. The lowest BCUT2D eigenvalue weighted by molar-refractivity contribution is -0.130. The maximum absolute atomic E-state index is 11.8. The molecule has 1 N–H and O–H groups in total. The van der Waals surface area contributed by atoms with Crippen LogP contribution in [0.4, 0.5) is 0 Å². The number of amides is 2. The Hall–Kier alpha value is -1.61. The minimum Gasteiger partial charge on any atom is -0.352 e. The molecule has 0 aromatic rings. The molecule has 1 aliphatic heterocycles. The van der Waals surface area contributed by atoms with Crippen molar-refractivity contribution >= 4 is 11.8 Å². The number of rotatable bonds is 5. The summed E-state index contributed by atoms with van der Waals surface area (Å²) in [6.45, 7) is 3.92. The van der Waals surface area contributed by atoms with E-state index < -0.39 is 0 Å². The Morgan fingerprint density at radius 3 is 2.58 bits per heavy atom. The Morgan fingerprint density at radius 2 is 2.05 bits per heavy atom. The number of carbonyl (C=O) groups excluding carboxylic acids is 2. The molecule has 19 heavy (non-hydrogen) atoms. The molecule has 1 saturated heterocycles. The molecule has 0 aromatic carbocycles. The number of hydrogen-bond acceptors (Lipinski definition) is 4. The molecule has 1 fully saturated rings. The standard InChI is InChI=1S/C13H22N4O2/c1-11(18)17-8-4-12(5-9-17)15-13(19)10-16(2)7-3-6-14/h12H,3-5,7-10H2,1-2H3,(H,15,19). The fourth-order valence-corrected chi connectivity index (χ4v) is 2.18. The highest BCUT2D eigenvalue weighted by atomic mass is 16.2. The lowest BCUT2D eigenvalue weighted by Gasteiger charge is -2.32. The molecule has 2 amide bonds. The van der Waals surface area contributed by atoms with Crippen LogP contribution in [0.1, 0.15) is 26.2 Å². The number of carbonyl (C=O) groups is 2. The summed E-state index contributed by atoms with van der Waals surface area (Å²) in [5, 5.41) is 11.5. The van der Waals surface area contributed by atoms with Crippen LogP contribution in [-0.4, -0.2) is 60.9 Å². The van der Waals surface area contributed by atoms with Gasteiger partial charge >= 0.3 is 0 Å². The molecule has 0 atom stereocenters. The van der Waals surface area contributed by atoms with E-state index in [4.69, 9.17) is 5.26 Å². The van der Waals surface area contributed by atoms with Crippen LogP contribution in [0.15, 0.2) is 0 Å². The van der Waals surface area contributed by atoms with E-state index in [0.717, 1.165) is 12.8 Å². The van der Waals surface area contributed by atoms with Crippen molar-refractivity contribution in [2.75, 3.05) is 33.2 Å². The maximum Gasteiger partial charge on any atom is 0.234 e. The van der Waals surface area contributed by atoms with Crippen molar-refractivity contribution < 1.29 is 9.59 Å². The molecule has 6 heteroatoms. The van der Waals surface area contributed by atoms with Crippen LogP contribution in [0.25, 0.3) is 0 Å². The second-order valence-electron chi connectivity index (χ2n) is 4.99. The van der Waals surface area contributed by atoms with Gasteiger partial charge in [0.1, 0.15) is 0 Å². The zero-order chi connectivity index (χ0) is 14.3. The van der Waals surface area contributed by atoms with E-state index in [1.165, 1.54) is 0 Å². The predicted molar refractivity (Wildman–Crippen MR) is 71.1 cm³/mol. The third kappa shape index (κ3) is 5.71. The third-order valence-electron chi connectivity index (χ3n) is 3.32. The molecule has 0 radical (unpaired) electrons. The molecule has 106 valence electrons. The van der Waals surface area contributed by atoms with Crippen LogP contribution in [0.3, 0.4) is 0 Å². The summed E-state index contributed by atoms with van der Waals surface area (Å²) in [7, 11) is 1.83. The van der Waals surface area contributed by atoms with Gasteiger partial charge in [0.05, 0.1) is 12.6 Å². The Balaban J connectivity index is 2.23. The molecule has 1 aliphatic rings. The highest BCUT2D eigenvalue weighted by Crippen LogP contribution is 2.10. The largest absolute Gasteiger partial charge is 0.352 e. The number of piperidine rings is 1. The summed E-state index contributed by atoms with van der Waals surface area (Å²) in [5.74, 6) is 0.0859. The first-order chi connectivity index (χ1) is 9.02. The first-order valence-electron chi connectivity index (χ1n) is 6.63. The van der Waals surface area contributed by atoms with E-state index >= 15 is 0 Å². The molecular formula is C13H22N4O2. The van der Waals surface area contributed by atoms with Crippen molar-refractivity contribution in [3.05, 3.63) is 0 Å². The SMILES string of the molecule is CC(=O)N1CCC(NC(=O)CN(C)CCC#N)CC1. The molecule has 6 nitrogen and oxygen atoms in total. The minimum atomic E-state index is -0.0123. The quantitative estimate of drug-likeness (QED) is 0.757. The van der Waals surface area contributed by atoms with Crippen molar-refractivity contribution in [1.29, 1.82) is 5.26 Å². The first-order valence-corrected chi connectivity index (χ1v) is 6.63. The average molecular weight is 266 g/mol. The zero-order valence-corrected chi connectivity index (χ0v) is 11.7. The summed E-state index contributed by atoms with van der Waals surface area (Å²) in [4.78, 5) is 26.6. The third-order valence-corrected chi connectivity index (χ3v) is 3.32. The number of nitrogens with zero attached hydrogens (tertiary/aromatic N) is 3. The van der Waals surface area contributed by atoms with E-state index in [1.54, 1.807) is 6.92 Å². The maximum atomic E-state index is 11.8. The second-order valence-corrected chi connectivity index (χ2v) is 4.99. The van der Waals surface area contributed by atoms with Crippen LogP contribution in [0.5, 0.6) is 0 Å². The lowest BCUT2D eigenvalue weighted by atomic mass is 10.1. The molecule has 1 rings (SSSR count). The topological polar surface area (TPSA) is 76.4 Å². The molecule has 0 aliphatic carbocycles. The molecule has 0 aromatic heterocycles. The van der Waals surface area contributed by atoms with Gasteiger partial charge in [-0.3, -0.25) is 14.5 Å². The van der Waals surface area contributed by atoms with Gasteiger partial charge in [-0.15, -0.1) is 0 Å². The average Bonchev–Trinajstić information content (AvgIpc) is 2.36. The van der Waals surface area contributed by atoms with Gasteiger partial charge in [0, 0.05) is 39.0 Å². The fraction of sp³-hybridized carbons (Fsp3) is 0.769. The Kier molecular flexibility index (Phi) is 6.30. The summed E-state index contributed by atoms with van der Waals surface area (Å²) < 4.78 is 0. The summed E-state index contributed by atoms with van der Waals surface area (Å²) in [6, 6.07) is 2.22. The highest BCUT2D eigenvalue weighted by Gasteiger charge is 2.22. The van der Waals surface area contributed by atoms with Gasteiger partial charge in [-0.05, 0) is 19.9 Å². The number of hydrogen-bond donors (Lipinski definition) is 1. The van der Waals surface area contributed by atoms with Crippen molar-refractivity contribution in [3.63, 3.8) is 0 Å². The molecule has 0 unspecified atom stereocenters. The van der Waals surface area contributed by atoms with Gasteiger partial charge in [0.15, 0.2) is 0 Å². The van der Waals surface area contributed by atoms with Crippen molar-refractivity contribution in [3.8, 4) is 6.07 Å². The molecular weight excluding hydrogens is 244 g/mol. The van der Waals surface area contributed by atoms with Crippen LogP contribution < -0.4 is 5.32 Å². The van der Waals surface area contributed by atoms with E-state index in [-0.39, 0.29) is 17.9 Å². The van der Waals surface area contributed by atoms with Gasteiger partial charge in [-0.25, -0.2) is 0 Å². The van der Waals surface area contributed by atoms with Crippen LogP contribution in [0, 0.1) is 11.3 Å². The summed E-state index contributed by atoms with van der Waals surface area (Å²) in [6.07, 6.45) is 2.06. The number of likely N-dealkylation sites (N-methyl/N-ethyl adjacent to an activating group) is 1. The van der Waals surface area contributed by atoms with E-state index in [2.05, 4.69) is 11.4 Å². The van der Waals surface area contributed by atoms with Crippen molar-refractivity contribution in [1.82, 2.24) is 15.1 Å². The van der Waals surface area contributed by atoms with Crippen molar-refractivity contribution in [2.24, 2.45) is 0 Å². The fourth-order valence-electron chi connectivity index (χ4n) is 2.18. The molecule has 0 saturated carbocycles. The van der Waals surface area contributed by atoms with Crippen LogP contribution >= 0.6 is 0 Å². The van der Waals surface area contributed by atoms with E-state index in [1.807, 2.05) is 16.8 Å². The lowest BCUT2D eigenvalue weighted by Crippen LogP contribution is -2.48. The van der Waals surface area contributed by atoms with E-state index in [0.29, 0.717) is 32.6 Å². The Bertz CT molecular complexity index is 356. The normalized spacial score (nSPS) is 16.2. The predicted octanol–water partition coefficient (Wildman–Crippen LogP) is -0.0410. The smallest absolute Gasteiger partial charge is 0.234 e. The minimum absolute atomic E-state index is 0.0123. The number of nitrogens with one attached hydrogen (secondary N) is 1. The van der Waals surface area contributed by atoms with Gasteiger partial charge in [-0.1, -0.05) is 0 Å². The van der Waals surface area contributed by atoms with Gasteiger partial charge in [0.2, 0.25) is 11.8 Å². The van der Waals surface area contributed by atoms with Gasteiger partial charge in [0.25, 0.3) is 0 Å². The van der Waals surface area contributed by atoms with Gasteiger partial charge < -0.3 is 10.2 Å². The van der Waals surface area contributed by atoms with Crippen LogP contribution in [0.2, 0.25) is 0 Å². The summed E-state index contributed by atoms with van der Waals surface area (Å²) >= 11 is 0. The zero-order valence-electron chi connectivity index (χ0n) is 11.7. The number of likely N-dealkylation sites (tertiary alicyclic amines) is 1. The van der Waals surface area contributed by atoms with Crippen LogP contribution in [-0.2, 0) is 9.59 Å². The van der Waals surface area contributed by atoms with Crippen molar-refractivity contribution in [2.45, 2.75) is 32.2 Å². The van der Waals surface area contributed by atoms with Gasteiger partial charge in [-0.2, -0.15) is 5.26 Å². The second kappa shape index (κ2) is 7.74. The Labute approximate surface area is 114 Å². The summed E-state index contributed by atoms with van der Waals surface area (Å²) in [5.41, 5.74) is 0. The molecule has 1 heterocycles. The van der Waals surface area contributed by atoms with E-state index in [9.17, 15) is 9.59 Å². The Morgan fingerprint density at radius 1 is 1.42 bits per heavy atom.